The van der Waals surface area contributed by atoms with Gasteiger partial charge in [0.1, 0.15) is 12.4 Å². The smallest absolute Gasteiger partial charge is 0.242 e. The molecule has 0 radical (unpaired) electrons. The van der Waals surface area contributed by atoms with Crippen LogP contribution in [0.1, 0.15) is 38.4 Å². The maximum Gasteiger partial charge on any atom is 0.242 e. The molecule has 0 spiro atoms. The first-order valence-electron chi connectivity index (χ1n) is 7.77. The molecule has 1 aromatic carbocycles. The Kier molecular flexibility index (Phi) is 3.68. The monoisotopic (exact) mass is 301 g/mol. The zero-order valence-electron chi connectivity index (χ0n) is 13.4. The summed E-state index contributed by atoms with van der Waals surface area (Å²) in [7, 11) is 1.73. The highest BCUT2D eigenvalue weighted by molar-refractivity contribution is 5.81. The van der Waals surface area contributed by atoms with Crippen LogP contribution in [-0.4, -0.2) is 44.7 Å². The van der Waals surface area contributed by atoms with Crippen molar-refractivity contribution in [2.45, 2.75) is 44.8 Å². The van der Waals surface area contributed by atoms with Crippen molar-refractivity contribution in [3.8, 4) is 0 Å². The van der Waals surface area contributed by atoms with E-state index in [9.17, 15) is 9.90 Å². The summed E-state index contributed by atoms with van der Waals surface area (Å²) in [5.41, 5.74) is 1.07. The van der Waals surface area contributed by atoms with Gasteiger partial charge in [-0.2, -0.15) is 0 Å². The molecule has 1 heterocycles. The van der Waals surface area contributed by atoms with Crippen LogP contribution in [0.5, 0.6) is 0 Å². The first-order valence-corrected chi connectivity index (χ1v) is 7.77. The quantitative estimate of drug-likeness (QED) is 0.920. The highest BCUT2D eigenvalue weighted by Gasteiger charge is 2.30. The number of fused-ring (bicyclic) bond motifs is 1. The molecule has 0 aliphatic heterocycles. The molecule has 1 amide bonds. The molecule has 1 aliphatic rings. The lowest BCUT2D eigenvalue weighted by molar-refractivity contribution is -0.133. The van der Waals surface area contributed by atoms with Gasteiger partial charge in [-0.05, 0) is 38.8 Å². The Morgan fingerprint density at radius 1 is 1.41 bits per heavy atom. The van der Waals surface area contributed by atoms with E-state index in [1.807, 2.05) is 28.8 Å². The molecule has 0 atom stereocenters. The fraction of sp³-hybridized carbons (Fsp3) is 0.529. The van der Waals surface area contributed by atoms with Gasteiger partial charge in [0.15, 0.2) is 0 Å². The molecule has 22 heavy (non-hydrogen) atoms. The average Bonchev–Trinajstić information content (AvgIpc) is 3.21. The number of nitrogens with zero attached hydrogens (tertiary/aromatic N) is 3. The van der Waals surface area contributed by atoms with Gasteiger partial charge in [-0.15, -0.1) is 0 Å². The topological polar surface area (TPSA) is 58.4 Å². The van der Waals surface area contributed by atoms with Crippen LogP contribution in [0.4, 0.5) is 0 Å². The molecule has 5 heteroatoms. The van der Waals surface area contributed by atoms with Gasteiger partial charge in [0.2, 0.25) is 5.91 Å². The lowest BCUT2D eigenvalue weighted by Crippen LogP contribution is -2.41. The van der Waals surface area contributed by atoms with Crippen molar-refractivity contribution in [1.29, 1.82) is 0 Å². The second-order valence-electron chi connectivity index (χ2n) is 6.88. The predicted octanol–water partition coefficient (Wildman–Crippen LogP) is 2.14. The molecule has 0 saturated heterocycles. The molecule has 1 aromatic heterocycles. The van der Waals surface area contributed by atoms with Crippen LogP contribution in [0.25, 0.3) is 11.0 Å². The zero-order chi connectivity index (χ0) is 15.9. The number of likely N-dealkylation sites (N-methyl/N-ethyl adjacent to an activating group) is 1. The first-order chi connectivity index (χ1) is 10.3. The molecular weight excluding hydrogens is 278 g/mol. The second kappa shape index (κ2) is 5.39. The molecule has 0 unspecified atom stereocenters. The van der Waals surface area contributed by atoms with Gasteiger partial charge in [-0.1, -0.05) is 12.1 Å². The summed E-state index contributed by atoms with van der Waals surface area (Å²) in [5.74, 6) is 1.50. The van der Waals surface area contributed by atoms with Crippen LogP contribution in [0.3, 0.4) is 0 Å². The van der Waals surface area contributed by atoms with Crippen molar-refractivity contribution in [3.63, 3.8) is 0 Å². The summed E-state index contributed by atoms with van der Waals surface area (Å²) in [5, 5.41) is 9.87. The van der Waals surface area contributed by atoms with Gasteiger partial charge < -0.3 is 14.6 Å². The number of imidazole rings is 1. The Bertz CT molecular complexity index is 695. The van der Waals surface area contributed by atoms with Gasteiger partial charge in [-0.3, -0.25) is 4.79 Å². The first kappa shape index (κ1) is 15.0. The minimum absolute atomic E-state index is 0.00724. The third-order valence-corrected chi connectivity index (χ3v) is 3.97. The Labute approximate surface area is 130 Å². The molecule has 0 bridgehead atoms. The van der Waals surface area contributed by atoms with Gasteiger partial charge in [0, 0.05) is 19.5 Å². The summed E-state index contributed by atoms with van der Waals surface area (Å²) in [6.45, 7) is 4.01. The van der Waals surface area contributed by atoms with E-state index in [4.69, 9.17) is 4.98 Å². The van der Waals surface area contributed by atoms with Crippen LogP contribution in [0, 0.1) is 0 Å². The number of hydrogen-bond acceptors (Lipinski definition) is 3. The maximum atomic E-state index is 12.5. The predicted molar refractivity (Wildman–Crippen MR) is 85.6 cm³/mol. The normalized spacial score (nSPS) is 15.3. The van der Waals surface area contributed by atoms with Crippen LogP contribution < -0.4 is 0 Å². The van der Waals surface area contributed by atoms with E-state index in [1.54, 1.807) is 25.8 Å². The Hall–Kier alpha value is -1.88. The SMILES string of the molecule is CN(CC(C)(C)O)C(=O)Cn1c(C2CC2)nc2ccccc21. The molecule has 1 saturated carbocycles. The molecule has 3 rings (SSSR count). The fourth-order valence-corrected chi connectivity index (χ4v) is 2.84. The molecule has 2 aromatic rings. The van der Waals surface area contributed by atoms with E-state index in [-0.39, 0.29) is 12.5 Å². The number of hydrogen-bond donors (Lipinski definition) is 1. The maximum absolute atomic E-state index is 12.5. The number of aliphatic hydroxyl groups is 1. The standard InChI is InChI=1S/C17H23N3O2/c1-17(2,22)11-19(3)15(21)10-20-14-7-5-4-6-13(14)18-16(20)12-8-9-12/h4-7,12,22H,8-11H2,1-3H3. The van der Waals surface area contributed by atoms with Gasteiger partial charge in [0.25, 0.3) is 0 Å². The van der Waals surface area contributed by atoms with Gasteiger partial charge in [0.05, 0.1) is 16.6 Å². The summed E-state index contributed by atoms with van der Waals surface area (Å²) < 4.78 is 2.04. The van der Waals surface area contributed by atoms with Crippen LogP contribution in [0.15, 0.2) is 24.3 Å². The van der Waals surface area contributed by atoms with E-state index in [0.717, 1.165) is 29.7 Å². The highest BCUT2D eigenvalue weighted by atomic mass is 16.3. The van der Waals surface area contributed by atoms with Crippen molar-refractivity contribution >= 4 is 16.9 Å². The van der Waals surface area contributed by atoms with Crippen LogP contribution in [-0.2, 0) is 11.3 Å². The number of benzene rings is 1. The minimum Gasteiger partial charge on any atom is -0.389 e. The number of rotatable bonds is 5. The van der Waals surface area contributed by atoms with Crippen molar-refractivity contribution in [2.75, 3.05) is 13.6 Å². The minimum atomic E-state index is -0.888. The third kappa shape index (κ3) is 3.14. The fourth-order valence-electron chi connectivity index (χ4n) is 2.84. The van der Waals surface area contributed by atoms with E-state index in [0.29, 0.717) is 12.5 Å². The van der Waals surface area contributed by atoms with Crippen molar-refractivity contribution in [1.82, 2.24) is 14.5 Å². The summed E-state index contributed by atoms with van der Waals surface area (Å²) >= 11 is 0. The molecule has 1 N–H and O–H groups in total. The van der Waals surface area contributed by atoms with E-state index in [1.165, 1.54) is 0 Å². The summed E-state index contributed by atoms with van der Waals surface area (Å²) in [6, 6.07) is 7.95. The van der Waals surface area contributed by atoms with E-state index >= 15 is 0 Å². The van der Waals surface area contributed by atoms with Crippen molar-refractivity contribution in [2.24, 2.45) is 0 Å². The van der Waals surface area contributed by atoms with Gasteiger partial charge in [-0.25, -0.2) is 4.98 Å². The number of carbonyl (C=O) groups is 1. The number of amides is 1. The largest absolute Gasteiger partial charge is 0.389 e. The molecular formula is C17H23N3O2. The number of aromatic nitrogens is 2. The summed E-state index contributed by atoms with van der Waals surface area (Å²) in [6.07, 6.45) is 2.30. The zero-order valence-corrected chi connectivity index (χ0v) is 13.4. The van der Waals surface area contributed by atoms with E-state index < -0.39 is 5.60 Å². The second-order valence-corrected chi connectivity index (χ2v) is 6.88. The molecule has 5 nitrogen and oxygen atoms in total. The lowest BCUT2D eigenvalue weighted by Gasteiger charge is -2.26. The van der Waals surface area contributed by atoms with Gasteiger partial charge >= 0.3 is 0 Å². The van der Waals surface area contributed by atoms with Crippen LogP contribution >= 0.6 is 0 Å². The lowest BCUT2D eigenvalue weighted by atomic mass is 10.1. The highest BCUT2D eigenvalue weighted by Crippen LogP contribution is 2.40. The summed E-state index contributed by atoms with van der Waals surface area (Å²) in [4.78, 5) is 18.8. The van der Waals surface area contributed by atoms with Crippen LogP contribution in [0.2, 0.25) is 0 Å². The average molecular weight is 301 g/mol. The third-order valence-electron chi connectivity index (χ3n) is 3.97. The van der Waals surface area contributed by atoms with E-state index in [2.05, 4.69) is 0 Å². The Morgan fingerprint density at radius 3 is 2.73 bits per heavy atom. The number of carbonyl (C=O) groups excluding carboxylic acids is 1. The molecule has 118 valence electrons. The number of para-hydroxylation sites is 2. The molecule has 1 fully saturated rings. The molecule has 1 aliphatic carbocycles. The Morgan fingerprint density at radius 2 is 2.09 bits per heavy atom. The Balaban J connectivity index is 1.86. The van der Waals surface area contributed by atoms with Crippen molar-refractivity contribution < 1.29 is 9.90 Å². The van der Waals surface area contributed by atoms with Crippen molar-refractivity contribution in [3.05, 3.63) is 30.1 Å².